The van der Waals surface area contributed by atoms with Crippen LogP contribution >= 0.6 is 0 Å². The van der Waals surface area contributed by atoms with Crippen LogP contribution < -0.4 is 4.57 Å². The van der Waals surface area contributed by atoms with E-state index in [1.165, 1.54) is 40.2 Å². The van der Waals surface area contributed by atoms with Gasteiger partial charge in [-0.25, -0.2) is 4.57 Å². The van der Waals surface area contributed by atoms with Gasteiger partial charge in [0.2, 0.25) is 6.33 Å². The van der Waals surface area contributed by atoms with Crippen LogP contribution in [-0.2, 0) is 12.8 Å². The van der Waals surface area contributed by atoms with Crippen molar-refractivity contribution in [3.63, 3.8) is 0 Å². The number of rotatable bonds is 3. The van der Waals surface area contributed by atoms with Crippen LogP contribution in [0.5, 0.6) is 0 Å². The van der Waals surface area contributed by atoms with Crippen LogP contribution in [0.3, 0.4) is 0 Å². The number of nitrogens with zero attached hydrogens (tertiary/aromatic N) is 3. The lowest BCUT2D eigenvalue weighted by Crippen LogP contribution is -2.37. The molecule has 0 spiro atoms. The first-order valence-electron chi connectivity index (χ1n) is 9.61. The minimum atomic E-state index is -6.00. The van der Waals surface area contributed by atoms with Gasteiger partial charge in [-0.15, -0.1) is 0 Å². The summed E-state index contributed by atoms with van der Waals surface area (Å²) in [5.74, 6) is 1.20. The molecule has 0 amide bonds. The van der Waals surface area contributed by atoms with E-state index in [9.17, 15) is 17.3 Å². The average Bonchev–Trinajstić information content (AvgIpc) is 3.15. The van der Waals surface area contributed by atoms with Gasteiger partial charge in [0.25, 0.3) is 5.82 Å². The van der Waals surface area contributed by atoms with Crippen molar-refractivity contribution in [1.29, 1.82) is 0 Å². The molecular formula is C21H24BF4N3. The molecule has 0 bridgehead atoms. The van der Waals surface area contributed by atoms with Gasteiger partial charge in [0.15, 0.2) is 0 Å². The molecule has 2 aromatic carbocycles. The second-order valence-electron chi connectivity index (χ2n) is 7.51. The highest BCUT2D eigenvalue weighted by Crippen LogP contribution is 2.24. The number of aromatic nitrogens is 3. The Morgan fingerprint density at radius 1 is 1.03 bits per heavy atom. The van der Waals surface area contributed by atoms with Crippen LogP contribution in [0.2, 0.25) is 0 Å². The monoisotopic (exact) mass is 405 g/mol. The van der Waals surface area contributed by atoms with E-state index in [4.69, 9.17) is 5.10 Å². The fraction of sp³-hybridized carbons (Fsp3) is 0.333. The molecule has 0 radical (unpaired) electrons. The summed E-state index contributed by atoms with van der Waals surface area (Å²) in [6.07, 6.45) is 5.52. The zero-order valence-electron chi connectivity index (χ0n) is 16.7. The third-order valence-electron chi connectivity index (χ3n) is 5.03. The zero-order valence-corrected chi connectivity index (χ0v) is 16.7. The summed E-state index contributed by atoms with van der Waals surface area (Å²) in [7, 11) is -6.00. The third-order valence-corrected chi connectivity index (χ3v) is 5.03. The van der Waals surface area contributed by atoms with Gasteiger partial charge < -0.3 is 17.3 Å². The largest absolute Gasteiger partial charge is 0.673 e. The molecule has 1 aliphatic rings. The number of fused-ring (bicyclic) bond motifs is 1. The van der Waals surface area contributed by atoms with Gasteiger partial charge in [0, 0.05) is 17.9 Å². The molecule has 4 rings (SSSR count). The maximum atomic E-state index is 9.75. The summed E-state index contributed by atoms with van der Waals surface area (Å²) in [6, 6.07) is 15.8. The number of hydrogen-bond acceptors (Lipinski definition) is 1. The van der Waals surface area contributed by atoms with E-state index in [0.717, 1.165) is 12.8 Å². The van der Waals surface area contributed by atoms with Crippen LogP contribution in [-0.4, -0.2) is 17.0 Å². The molecule has 2 heterocycles. The van der Waals surface area contributed by atoms with Crippen molar-refractivity contribution in [1.82, 2.24) is 9.78 Å². The molecule has 0 fully saturated rings. The maximum absolute atomic E-state index is 9.75. The fourth-order valence-corrected chi connectivity index (χ4v) is 4.03. The van der Waals surface area contributed by atoms with Crippen molar-refractivity contribution in [2.24, 2.45) is 0 Å². The predicted octanol–water partition coefficient (Wildman–Crippen LogP) is 5.12. The van der Waals surface area contributed by atoms with Gasteiger partial charge in [0.05, 0.1) is 6.04 Å². The van der Waals surface area contributed by atoms with E-state index in [-0.39, 0.29) is 0 Å². The Labute approximate surface area is 168 Å². The highest BCUT2D eigenvalue weighted by atomic mass is 19.5. The number of halogens is 4. The number of aryl methyl sites for hydroxylation is 4. The molecule has 0 saturated heterocycles. The minimum Gasteiger partial charge on any atom is -0.418 e. The molecule has 3 aromatic rings. The van der Waals surface area contributed by atoms with E-state index in [2.05, 4.69) is 78.8 Å². The molecule has 29 heavy (non-hydrogen) atoms. The predicted molar refractivity (Wildman–Crippen MR) is 106 cm³/mol. The highest BCUT2D eigenvalue weighted by molar-refractivity contribution is 6.50. The lowest BCUT2D eigenvalue weighted by molar-refractivity contribution is -0.716. The maximum Gasteiger partial charge on any atom is 0.673 e. The Morgan fingerprint density at radius 2 is 1.62 bits per heavy atom. The Kier molecular flexibility index (Phi) is 6.10. The smallest absolute Gasteiger partial charge is 0.418 e. The first-order valence-corrected chi connectivity index (χ1v) is 9.61. The topological polar surface area (TPSA) is 21.7 Å². The minimum absolute atomic E-state index is 0.516. The summed E-state index contributed by atoms with van der Waals surface area (Å²) in [6.45, 7) is 6.50. The van der Waals surface area contributed by atoms with Gasteiger partial charge in [-0.2, -0.15) is 0 Å². The summed E-state index contributed by atoms with van der Waals surface area (Å²) in [5.41, 5.74) is 6.50. The SMILES string of the molecule is Cc1cc(C)c(-n2c[n+]3c(n2)CCC3Cc2ccccc2)c(C)c1.F[B-](F)(F)F. The van der Waals surface area contributed by atoms with Crippen molar-refractivity contribution in [2.45, 2.75) is 46.1 Å². The third kappa shape index (κ3) is 5.46. The van der Waals surface area contributed by atoms with Crippen molar-refractivity contribution < 1.29 is 21.8 Å². The van der Waals surface area contributed by atoms with Gasteiger partial charge >= 0.3 is 7.25 Å². The van der Waals surface area contributed by atoms with E-state index in [1.54, 1.807) is 0 Å². The second kappa shape index (κ2) is 8.39. The number of hydrogen-bond donors (Lipinski definition) is 0. The molecule has 0 N–H and O–H groups in total. The first kappa shape index (κ1) is 21.1. The van der Waals surface area contributed by atoms with E-state index in [0.29, 0.717) is 6.04 Å². The molecule has 3 nitrogen and oxygen atoms in total. The van der Waals surface area contributed by atoms with Crippen molar-refractivity contribution in [3.05, 3.63) is 76.9 Å². The fourth-order valence-electron chi connectivity index (χ4n) is 4.03. The van der Waals surface area contributed by atoms with E-state index in [1.807, 2.05) is 0 Å². The van der Waals surface area contributed by atoms with Crippen LogP contribution in [0.15, 0.2) is 48.8 Å². The van der Waals surface area contributed by atoms with Crippen molar-refractivity contribution >= 4 is 7.25 Å². The van der Waals surface area contributed by atoms with Crippen LogP contribution in [0.1, 0.15) is 40.5 Å². The molecule has 1 atom stereocenters. The van der Waals surface area contributed by atoms with E-state index < -0.39 is 7.25 Å². The van der Waals surface area contributed by atoms with Gasteiger partial charge in [-0.1, -0.05) is 52.7 Å². The van der Waals surface area contributed by atoms with Gasteiger partial charge in [-0.05, 0) is 43.9 Å². The summed E-state index contributed by atoms with van der Waals surface area (Å²) in [5, 5.41) is 4.88. The second-order valence-corrected chi connectivity index (χ2v) is 7.51. The Hall–Kier alpha value is -2.64. The molecule has 1 aromatic heterocycles. The Bertz CT molecular complexity index is 954. The Morgan fingerprint density at radius 3 is 2.21 bits per heavy atom. The molecule has 1 aliphatic heterocycles. The summed E-state index contributed by atoms with van der Waals surface area (Å²) >= 11 is 0. The van der Waals surface area contributed by atoms with Gasteiger partial charge in [0.1, 0.15) is 5.69 Å². The molecule has 8 heteroatoms. The summed E-state index contributed by atoms with van der Waals surface area (Å²) < 4.78 is 43.5. The molecular weight excluding hydrogens is 381 g/mol. The van der Waals surface area contributed by atoms with E-state index >= 15 is 0 Å². The van der Waals surface area contributed by atoms with Crippen molar-refractivity contribution in [3.8, 4) is 5.69 Å². The normalized spacial score (nSPS) is 15.6. The van der Waals surface area contributed by atoms with Crippen LogP contribution in [0, 0.1) is 20.8 Å². The lowest BCUT2D eigenvalue weighted by Gasteiger charge is -2.09. The summed E-state index contributed by atoms with van der Waals surface area (Å²) in [4.78, 5) is 0. The Balaban J connectivity index is 0.000000431. The lowest BCUT2D eigenvalue weighted by atomic mass is 10.0. The molecule has 0 saturated carbocycles. The molecule has 1 unspecified atom stereocenters. The average molecular weight is 405 g/mol. The zero-order chi connectivity index (χ0) is 21.2. The van der Waals surface area contributed by atoms with Gasteiger partial charge in [-0.3, -0.25) is 0 Å². The van der Waals surface area contributed by atoms with Crippen molar-refractivity contribution in [2.75, 3.05) is 0 Å². The first-order chi connectivity index (χ1) is 13.6. The molecule has 0 aliphatic carbocycles. The number of benzene rings is 2. The highest BCUT2D eigenvalue weighted by Gasteiger charge is 2.32. The quantitative estimate of drug-likeness (QED) is 0.337. The standard InChI is InChI=1S/C21H24N3.BF4/c1-15-11-16(2)21(17(3)12-15)24-14-23-19(9-10-20(23)22-24)13-18-7-5-4-6-8-18;2-1(3,4)5/h4-8,11-12,14,19H,9-10,13H2,1-3H3;/q+1;-1. The van der Waals surface area contributed by atoms with Crippen LogP contribution in [0.25, 0.3) is 5.69 Å². The van der Waals surface area contributed by atoms with Crippen LogP contribution in [0.4, 0.5) is 17.3 Å². The molecule has 154 valence electrons.